The Morgan fingerprint density at radius 3 is 2.59 bits per heavy atom. The Morgan fingerprint density at radius 1 is 1.24 bits per heavy atom. The van der Waals surface area contributed by atoms with Crippen LogP contribution in [0.2, 0.25) is 0 Å². The molecule has 1 aliphatic heterocycles. The van der Waals surface area contributed by atoms with Gasteiger partial charge in [-0.1, -0.05) is 37.9 Å². The molecule has 0 spiro atoms. The van der Waals surface area contributed by atoms with E-state index in [1.54, 1.807) is 0 Å². The Kier molecular flexibility index (Phi) is 7.38. The van der Waals surface area contributed by atoms with Gasteiger partial charge in [0.1, 0.15) is 11.5 Å². The second-order valence-corrected chi connectivity index (χ2v) is 10.4. The Labute approximate surface area is 213 Å². The van der Waals surface area contributed by atoms with Crippen molar-refractivity contribution in [1.29, 1.82) is 0 Å². The van der Waals surface area contributed by atoms with Crippen LogP contribution >= 0.6 is 31.9 Å². The summed E-state index contributed by atoms with van der Waals surface area (Å²) in [6.07, 6.45) is -1.79. The highest BCUT2D eigenvalue weighted by atomic mass is 79.9. The van der Waals surface area contributed by atoms with Crippen LogP contribution in [0.3, 0.4) is 0 Å². The number of carbonyl (C=O) groups is 1. The van der Waals surface area contributed by atoms with Gasteiger partial charge in [-0.15, -0.1) is 0 Å². The summed E-state index contributed by atoms with van der Waals surface area (Å²) in [7, 11) is 0. The number of carbonyl (C=O) groups excluding carboxylic acids is 1. The Bertz CT molecular complexity index is 1120. The lowest BCUT2D eigenvalue weighted by molar-refractivity contribution is -0.141. The van der Waals surface area contributed by atoms with Crippen molar-refractivity contribution in [3.8, 4) is 0 Å². The van der Waals surface area contributed by atoms with Crippen molar-refractivity contribution in [3.63, 3.8) is 0 Å². The lowest BCUT2D eigenvalue weighted by atomic mass is 9.90. The number of aromatic nitrogens is 1. The molecule has 2 unspecified atom stereocenters. The molecule has 2 aromatic rings. The molecule has 4 rings (SSSR count). The molecule has 2 heterocycles. The van der Waals surface area contributed by atoms with Gasteiger partial charge in [0.25, 0.3) is 5.91 Å². The van der Waals surface area contributed by atoms with Gasteiger partial charge in [0.15, 0.2) is 0 Å². The van der Waals surface area contributed by atoms with Crippen LogP contribution in [0, 0.1) is 5.92 Å². The average Bonchev–Trinajstić information content (AvgIpc) is 3.63. The number of benzene rings is 1. The van der Waals surface area contributed by atoms with Crippen LogP contribution in [-0.2, 0) is 16.3 Å². The molecule has 2 N–H and O–H groups in total. The van der Waals surface area contributed by atoms with Crippen LogP contribution in [0.5, 0.6) is 0 Å². The summed E-state index contributed by atoms with van der Waals surface area (Å²) >= 11 is 7.08. The molecule has 1 aromatic carbocycles. The number of amidine groups is 1. The maximum atomic E-state index is 13.1. The van der Waals surface area contributed by atoms with Crippen LogP contribution in [0.25, 0.3) is 0 Å². The Balaban J connectivity index is 1.51. The molecule has 5 nitrogen and oxygen atoms in total. The van der Waals surface area contributed by atoms with Crippen LogP contribution in [0.15, 0.2) is 39.8 Å². The van der Waals surface area contributed by atoms with Gasteiger partial charge in [-0.25, -0.2) is 4.98 Å². The molecule has 2 aliphatic rings. The zero-order valence-electron chi connectivity index (χ0n) is 18.6. The number of alkyl halides is 4. The summed E-state index contributed by atoms with van der Waals surface area (Å²) in [5.74, 6) is -0.758. The maximum absolute atomic E-state index is 13.1. The molecule has 2 fully saturated rings. The lowest BCUT2D eigenvalue weighted by Gasteiger charge is -2.39. The van der Waals surface area contributed by atoms with Crippen molar-refractivity contribution in [2.45, 2.75) is 56.1 Å². The second kappa shape index (κ2) is 9.97. The third-order valence-corrected chi connectivity index (χ3v) is 7.51. The van der Waals surface area contributed by atoms with E-state index in [1.165, 1.54) is 11.6 Å². The smallest absolute Gasteiger partial charge is 0.383 e. The SMILES string of the molecule is CC1CC(C(=O)N=C(N)c2ccc(C(F)(F)F)nc2C2CC2)CCN1c1cc(Br)ccc1CBr. The number of amides is 1. The molecule has 2 atom stereocenters. The van der Waals surface area contributed by atoms with E-state index < -0.39 is 11.9 Å². The van der Waals surface area contributed by atoms with Gasteiger partial charge in [0, 0.05) is 45.5 Å². The standard InChI is InChI=1S/C24H25Br2F3N4O/c1-13-10-15(8-9-33(13)19-11-17(26)5-4-16(19)12-25)23(34)32-22(30)18-6-7-20(24(27,28)29)31-21(18)14-2-3-14/h4-7,11,13-15H,2-3,8-10,12H2,1H3,(H2,30,32,34). The summed E-state index contributed by atoms with van der Waals surface area (Å²) in [4.78, 5) is 23.2. The molecule has 182 valence electrons. The van der Waals surface area contributed by atoms with E-state index in [4.69, 9.17) is 5.73 Å². The highest BCUT2D eigenvalue weighted by molar-refractivity contribution is 9.10. The first-order valence-electron chi connectivity index (χ1n) is 11.2. The first-order chi connectivity index (χ1) is 16.1. The first-order valence-corrected chi connectivity index (χ1v) is 13.1. The van der Waals surface area contributed by atoms with Crippen LogP contribution in [0.1, 0.15) is 61.0 Å². The molecular formula is C24H25Br2F3N4O. The number of anilines is 1. The number of aliphatic imine (C=N–C) groups is 1. The number of hydrogen-bond donors (Lipinski definition) is 1. The minimum absolute atomic E-state index is 0.0585. The molecule has 0 bridgehead atoms. The van der Waals surface area contributed by atoms with Gasteiger partial charge in [-0.05, 0) is 62.4 Å². The summed E-state index contributed by atoms with van der Waals surface area (Å²) in [6, 6.07) is 8.45. The fraction of sp³-hybridized carbons (Fsp3) is 0.458. The predicted molar refractivity (Wildman–Crippen MR) is 133 cm³/mol. The first kappa shape index (κ1) is 25.2. The topological polar surface area (TPSA) is 71.6 Å². The number of nitrogens with zero attached hydrogens (tertiary/aromatic N) is 3. The summed E-state index contributed by atoms with van der Waals surface area (Å²) in [5.41, 5.74) is 8.07. The summed E-state index contributed by atoms with van der Waals surface area (Å²) in [5, 5.41) is 0.729. The highest BCUT2D eigenvalue weighted by Gasteiger charge is 2.37. The second-order valence-electron chi connectivity index (χ2n) is 8.91. The average molecular weight is 602 g/mol. The fourth-order valence-electron chi connectivity index (χ4n) is 4.46. The molecular weight excluding hydrogens is 577 g/mol. The van der Waals surface area contributed by atoms with E-state index in [2.05, 4.69) is 65.8 Å². The zero-order chi connectivity index (χ0) is 24.6. The maximum Gasteiger partial charge on any atom is 0.433 e. The molecule has 0 radical (unpaired) electrons. The minimum Gasteiger partial charge on any atom is -0.383 e. The fourth-order valence-corrected chi connectivity index (χ4v) is 5.28. The number of piperidine rings is 1. The van der Waals surface area contributed by atoms with Gasteiger partial charge >= 0.3 is 6.18 Å². The quantitative estimate of drug-likeness (QED) is 0.253. The summed E-state index contributed by atoms with van der Waals surface area (Å²) in [6.45, 7) is 2.77. The highest BCUT2D eigenvalue weighted by Crippen LogP contribution is 2.42. The third-order valence-electron chi connectivity index (χ3n) is 6.41. The van der Waals surface area contributed by atoms with E-state index in [0.717, 1.165) is 34.4 Å². The van der Waals surface area contributed by atoms with E-state index in [-0.39, 0.29) is 35.3 Å². The number of rotatable bonds is 5. The van der Waals surface area contributed by atoms with Crippen LogP contribution < -0.4 is 10.6 Å². The zero-order valence-corrected chi connectivity index (χ0v) is 21.8. The number of halogens is 5. The molecule has 1 saturated heterocycles. The Hall–Kier alpha value is -1.94. The van der Waals surface area contributed by atoms with Crippen LogP contribution in [0.4, 0.5) is 18.9 Å². The lowest BCUT2D eigenvalue weighted by Crippen LogP contribution is -2.43. The van der Waals surface area contributed by atoms with Gasteiger partial charge < -0.3 is 10.6 Å². The number of hydrogen-bond acceptors (Lipinski definition) is 3. The van der Waals surface area contributed by atoms with Crippen molar-refractivity contribution in [3.05, 3.63) is 57.3 Å². The number of pyridine rings is 1. The molecule has 1 aromatic heterocycles. The molecule has 34 heavy (non-hydrogen) atoms. The molecule has 10 heteroatoms. The Morgan fingerprint density at radius 2 is 1.97 bits per heavy atom. The van der Waals surface area contributed by atoms with Crippen molar-refractivity contribution in [1.82, 2.24) is 4.98 Å². The molecule has 1 saturated carbocycles. The molecule has 1 aliphatic carbocycles. The van der Waals surface area contributed by atoms with Gasteiger partial charge in [0.05, 0.1) is 5.69 Å². The van der Waals surface area contributed by atoms with Crippen molar-refractivity contribution < 1.29 is 18.0 Å². The predicted octanol–water partition coefficient (Wildman–Crippen LogP) is 6.17. The van der Waals surface area contributed by atoms with E-state index >= 15 is 0 Å². The van der Waals surface area contributed by atoms with Gasteiger partial charge in [-0.3, -0.25) is 4.79 Å². The normalized spacial score (nSPS) is 21.6. The number of nitrogens with two attached hydrogens (primary N) is 1. The third kappa shape index (κ3) is 5.48. The van der Waals surface area contributed by atoms with Gasteiger partial charge in [0.2, 0.25) is 0 Å². The van der Waals surface area contributed by atoms with Crippen molar-refractivity contribution >= 4 is 49.3 Å². The van der Waals surface area contributed by atoms with Crippen molar-refractivity contribution in [2.75, 3.05) is 11.4 Å². The summed E-state index contributed by atoms with van der Waals surface area (Å²) < 4.78 is 40.3. The van der Waals surface area contributed by atoms with Crippen molar-refractivity contribution in [2.24, 2.45) is 16.6 Å². The van der Waals surface area contributed by atoms with E-state index in [0.29, 0.717) is 24.9 Å². The van der Waals surface area contributed by atoms with Gasteiger partial charge in [-0.2, -0.15) is 18.2 Å². The molecule has 1 amide bonds. The monoisotopic (exact) mass is 600 g/mol. The largest absolute Gasteiger partial charge is 0.433 e. The van der Waals surface area contributed by atoms with E-state index in [9.17, 15) is 18.0 Å². The van der Waals surface area contributed by atoms with E-state index in [1.807, 2.05) is 6.07 Å². The minimum atomic E-state index is -4.53. The van der Waals surface area contributed by atoms with Crippen LogP contribution in [-0.4, -0.2) is 29.3 Å².